The fourth-order valence-corrected chi connectivity index (χ4v) is 2.82. The van der Waals surface area contributed by atoms with Crippen molar-refractivity contribution in [3.8, 4) is 22.1 Å². The Balaban J connectivity index is 2.09. The Hall–Kier alpha value is -1.65. The largest absolute Gasteiger partial charge is 0.435 e. The molecule has 0 fully saturated rings. The van der Waals surface area contributed by atoms with Gasteiger partial charge < -0.3 is 4.42 Å². The van der Waals surface area contributed by atoms with E-state index in [1.54, 1.807) is 12.4 Å². The van der Waals surface area contributed by atoms with Crippen LogP contribution in [0.3, 0.4) is 0 Å². The van der Waals surface area contributed by atoms with E-state index < -0.39 is 0 Å². The Morgan fingerprint density at radius 3 is 2.84 bits per heavy atom. The fourth-order valence-electron chi connectivity index (χ4n) is 1.85. The molecule has 0 unspecified atom stereocenters. The maximum absolute atomic E-state index is 5.95. The highest BCUT2D eigenvalue weighted by atomic mass is 35.5. The van der Waals surface area contributed by atoms with E-state index in [4.69, 9.17) is 16.0 Å². The van der Waals surface area contributed by atoms with Gasteiger partial charge in [0.2, 0.25) is 5.89 Å². The quantitative estimate of drug-likeness (QED) is 0.703. The zero-order chi connectivity index (χ0) is 13.2. The van der Waals surface area contributed by atoms with Crippen molar-refractivity contribution in [2.24, 2.45) is 0 Å². The molecule has 3 aromatic heterocycles. The van der Waals surface area contributed by atoms with Crippen LogP contribution in [0.2, 0.25) is 4.34 Å². The molecule has 3 nitrogen and oxygen atoms in total. The lowest BCUT2D eigenvalue weighted by atomic mass is 10.1. The summed E-state index contributed by atoms with van der Waals surface area (Å²) in [5.41, 5.74) is 1.88. The Morgan fingerprint density at radius 1 is 1.32 bits per heavy atom. The Morgan fingerprint density at radius 2 is 2.21 bits per heavy atom. The minimum Gasteiger partial charge on any atom is -0.435 e. The van der Waals surface area contributed by atoms with E-state index in [0.717, 1.165) is 32.7 Å². The van der Waals surface area contributed by atoms with Gasteiger partial charge in [0.1, 0.15) is 0 Å². The molecule has 0 aliphatic rings. The molecule has 0 radical (unpaired) electrons. The number of rotatable bonds is 3. The molecule has 0 amide bonds. The SMILES string of the molecule is CCc1nc(-c2ccc(Cl)s2)oc1-c1cccnc1. The second kappa shape index (κ2) is 5.15. The molecule has 96 valence electrons. The van der Waals surface area contributed by atoms with Crippen LogP contribution in [0.25, 0.3) is 22.1 Å². The molecule has 19 heavy (non-hydrogen) atoms. The average molecular weight is 291 g/mol. The smallest absolute Gasteiger partial charge is 0.237 e. The summed E-state index contributed by atoms with van der Waals surface area (Å²) in [6.07, 6.45) is 4.34. The van der Waals surface area contributed by atoms with E-state index in [9.17, 15) is 0 Å². The zero-order valence-electron chi connectivity index (χ0n) is 10.3. The second-order valence-corrected chi connectivity index (χ2v) is 5.71. The van der Waals surface area contributed by atoms with Crippen molar-refractivity contribution < 1.29 is 4.42 Å². The van der Waals surface area contributed by atoms with E-state index in [-0.39, 0.29) is 0 Å². The van der Waals surface area contributed by atoms with Gasteiger partial charge in [-0.25, -0.2) is 4.98 Å². The number of thiophene rings is 1. The van der Waals surface area contributed by atoms with Crippen LogP contribution in [0.15, 0.2) is 41.1 Å². The van der Waals surface area contributed by atoms with Crippen molar-refractivity contribution in [2.45, 2.75) is 13.3 Å². The molecule has 0 aromatic carbocycles. The van der Waals surface area contributed by atoms with Gasteiger partial charge in [-0.05, 0) is 30.7 Å². The van der Waals surface area contributed by atoms with Crippen LogP contribution >= 0.6 is 22.9 Å². The number of aryl methyl sites for hydroxylation is 1. The minimum atomic E-state index is 0.618. The van der Waals surface area contributed by atoms with Gasteiger partial charge >= 0.3 is 0 Å². The van der Waals surface area contributed by atoms with Gasteiger partial charge in [-0.15, -0.1) is 11.3 Å². The van der Waals surface area contributed by atoms with Crippen LogP contribution < -0.4 is 0 Å². The highest BCUT2D eigenvalue weighted by molar-refractivity contribution is 7.19. The molecule has 0 saturated carbocycles. The van der Waals surface area contributed by atoms with Gasteiger partial charge in [-0.1, -0.05) is 18.5 Å². The van der Waals surface area contributed by atoms with Crippen molar-refractivity contribution >= 4 is 22.9 Å². The van der Waals surface area contributed by atoms with Crippen molar-refractivity contribution in [2.75, 3.05) is 0 Å². The van der Waals surface area contributed by atoms with Gasteiger partial charge in [-0.2, -0.15) is 0 Å². The number of halogens is 1. The number of hydrogen-bond acceptors (Lipinski definition) is 4. The zero-order valence-corrected chi connectivity index (χ0v) is 11.8. The Kier molecular flexibility index (Phi) is 3.36. The van der Waals surface area contributed by atoms with Crippen molar-refractivity contribution in [1.29, 1.82) is 0 Å². The number of aromatic nitrogens is 2. The van der Waals surface area contributed by atoms with Crippen molar-refractivity contribution in [3.05, 3.63) is 46.7 Å². The predicted octanol–water partition coefficient (Wildman–Crippen LogP) is 4.68. The summed E-state index contributed by atoms with van der Waals surface area (Å²) in [6.45, 7) is 2.06. The van der Waals surface area contributed by atoms with E-state index in [2.05, 4.69) is 16.9 Å². The first kappa shape index (κ1) is 12.4. The summed E-state index contributed by atoms with van der Waals surface area (Å²) in [4.78, 5) is 9.60. The minimum absolute atomic E-state index is 0.618. The molecule has 0 N–H and O–H groups in total. The molecule has 0 atom stereocenters. The molecule has 0 spiro atoms. The first-order chi connectivity index (χ1) is 9.28. The van der Waals surface area contributed by atoms with Crippen LogP contribution in [0.5, 0.6) is 0 Å². The molecular formula is C14H11ClN2OS. The maximum Gasteiger partial charge on any atom is 0.237 e. The summed E-state index contributed by atoms with van der Waals surface area (Å²) < 4.78 is 6.62. The van der Waals surface area contributed by atoms with Crippen LogP contribution in [-0.4, -0.2) is 9.97 Å². The Bertz CT molecular complexity index is 691. The standard InChI is InChI=1S/C14H11ClN2OS/c1-2-10-13(9-4-3-7-16-8-9)18-14(17-10)11-5-6-12(15)19-11/h3-8H,2H2,1H3. The van der Waals surface area contributed by atoms with Crippen molar-refractivity contribution in [3.63, 3.8) is 0 Å². The van der Waals surface area contributed by atoms with Crippen LogP contribution in [0.4, 0.5) is 0 Å². The molecule has 3 heterocycles. The van der Waals surface area contributed by atoms with E-state index >= 15 is 0 Å². The third-order valence-corrected chi connectivity index (χ3v) is 3.96. The molecule has 3 rings (SSSR count). The maximum atomic E-state index is 5.95. The third-order valence-electron chi connectivity index (χ3n) is 2.74. The monoisotopic (exact) mass is 290 g/mol. The van der Waals surface area contributed by atoms with Gasteiger partial charge in [0.05, 0.1) is 14.9 Å². The summed E-state index contributed by atoms with van der Waals surface area (Å²) in [5.74, 6) is 1.41. The van der Waals surface area contributed by atoms with Gasteiger partial charge in [0.25, 0.3) is 0 Å². The lowest BCUT2D eigenvalue weighted by Crippen LogP contribution is -1.84. The topological polar surface area (TPSA) is 38.9 Å². The van der Waals surface area contributed by atoms with Gasteiger partial charge in [-0.3, -0.25) is 4.98 Å². The summed E-state index contributed by atoms with van der Waals surface area (Å²) in [7, 11) is 0. The molecule has 5 heteroatoms. The number of pyridine rings is 1. The predicted molar refractivity (Wildman–Crippen MR) is 77.4 cm³/mol. The van der Waals surface area contributed by atoms with Gasteiger partial charge in [0, 0.05) is 18.0 Å². The highest BCUT2D eigenvalue weighted by Crippen LogP contribution is 2.34. The van der Waals surface area contributed by atoms with Crippen LogP contribution in [0.1, 0.15) is 12.6 Å². The molecule has 0 aliphatic heterocycles. The first-order valence-corrected chi connectivity index (χ1v) is 7.13. The average Bonchev–Trinajstić information content (AvgIpc) is 3.05. The van der Waals surface area contributed by atoms with Crippen molar-refractivity contribution in [1.82, 2.24) is 9.97 Å². The summed E-state index contributed by atoms with van der Waals surface area (Å²) in [5, 5.41) is 0. The molecule has 0 aliphatic carbocycles. The van der Waals surface area contributed by atoms with Gasteiger partial charge in [0.15, 0.2) is 5.76 Å². The van der Waals surface area contributed by atoms with E-state index in [1.807, 2.05) is 24.3 Å². The molecule has 0 saturated heterocycles. The number of nitrogens with zero attached hydrogens (tertiary/aromatic N) is 2. The second-order valence-electron chi connectivity index (χ2n) is 3.99. The summed E-state index contributed by atoms with van der Waals surface area (Å²) >= 11 is 7.41. The third kappa shape index (κ3) is 2.41. The van der Waals surface area contributed by atoms with Crippen LogP contribution in [0, 0.1) is 0 Å². The number of oxazole rings is 1. The lowest BCUT2D eigenvalue weighted by molar-refractivity contribution is 0.589. The molecular weight excluding hydrogens is 280 g/mol. The van der Waals surface area contributed by atoms with Crippen LogP contribution in [-0.2, 0) is 6.42 Å². The summed E-state index contributed by atoms with van der Waals surface area (Å²) in [6, 6.07) is 7.63. The highest BCUT2D eigenvalue weighted by Gasteiger charge is 2.16. The fraction of sp³-hybridized carbons (Fsp3) is 0.143. The Labute approximate surface area is 119 Å². The lowest BCUT2D eigenvalue weighted by Gasteiger charge is -1.96. The molecule has 0 bridgehead atoms. The first-order valence-electron chi connectivity index (χ1n) is 5.93. The van der Waals surface area contributed by atoms with E-state index in [0.29, 0.717) is 5.89 Å². The number of hydrogen-bond donors (Lipinski definition) is 0. The molecule has 3 aromatic rings. The van der Waals surface area contributed by atoms with E-state index in [1.165, 1.54) is 11.3 Å². The normalized spacial score (nSPS) is 10.8.